The van der Waals surface area contributed by atoms with E-state index in [0.717, 1.165) is 77.5 Å². The molecular weight excluding hydrogens is 653 g/mol. The van der Waals surface area contributed by atoms with Crippen molar-refractivity contribution in [1.29, 1.82) is 5.26 Å². The van der Waals surface area contributed by atoms with E-state index in [1.54, 1.807) is 6.20 Å². The van der Waals surface area contributed by atoms with Gasteiger partial charge in [-0.2, -0.15) is 5.26 Å². The first-order valence-electron chi connectivity index (χ1n) is 18.4. The number of imidazole rings is 2. The number of likely N-dealkylation sites (tertiary alicyclic amines) is 2. The van der Waals surface area contributed by atoms with E-state index in [1.807, 2.05) is 79.2 Å². The first-order chi connectivity index (χ1) is 25.0. The fourth-order valence-corrected chi connectivity index (χ4v) is 7.29. The summed E-state index contributed by atoms with van der Waals surface area (Å²) in [6.45, 7) is 15.4. The van der Waals surface area contributed by atoms with Gasteiger partial charge in [0.2, 0.25) is 11.8 Å². The van der Waals surface area contributed by atoms with Gasteiger partial charge < -0.3 is 29.8 Å². The van der Waals surface area contributed by atoms with Crippen molar-refractivity contribution < 1.29 is 14.3 Å². The molecule has 3 N–H and O–H groups in total. The van der Waals surface area contributed by atoms with Crippen LogP contribution in [0.25, 0.3) is 33.6 Å². The van der Waals surface area contributed by atoms with Gasteiger partial charge in [-0.25, -0.2) is 9.97 Å². The highest BCUT2D eigenvalue weighted by atomic mass is 16.5. The van der Waals surface area contributed by atoms with Gasteiger partial charge >= 0.3 is 0 Å². The Balaban J connectivity index is 1.16. The molecule has 4 heterocycles. The quantitative estimate of drug-likeness (QED) is 0.131. The molecule has 0 spiro atoms. The maximum atomic E-state index is 13.6. The number of hydrogen-bond donors (Lipinski definition) is 3. The zero-order valence-corrected chi connectivity index (χ0v) is 31.1. The lowest BCUT2D eigenvalue weighted by molar-refractivity contribution is -0.137. The van der Waals surface area contributed by atoms with Crippen LogP contribution in [0.15, 0.2) is 67.3 Å². The second kappa shape index (κ2) is 15.5. The molecule has 4 aromatic rings. The molecular formula is C41H50N8O3. The van der Waals surface area contributed by atoms with Gasteiger partial charge in [0.05, 0.1) is 54.6 Å². The number of methoxy groups -OCH3 is 1. The Bertz CT molecular complexity index is 1950. The van der Waals surface area contributed by atoms with E-state index in [4.69, 9.17) is 9.72 Å². The molecule has 52 heavy (non-hydrogen) atoms. The summed E-state index contributed by atoms with van der Waals surface area (Å²) in [6, 6.07) is 15.6. The van der Waals surface area contributed by atoms with E-state index in [-0.39, 0.29) is 41.7 Å². The molecule has 2 aliphatic heterocycles. The summed E-state index contributed by atoms with van der Waals surface area (Å²) < 4.78 is 5.19. The minimum Gasteiger partial charge on any atom is -0.483 e. The summed E-state index contributed by atoms with van der Waals surface area (Å²) in [5.41, 5.74) is 5.82. The summed E-state index contributed by atoms with van der Waals surface area (Å²) in [7, 11) is 1.53. The SMILES string of the molecule is C=C(N[C@H](C(=O)N1CCC[C@H]1c1ncc(-c2ccc(-c3ccc(-c4cnc([C@@H]5CCCN5C(=O)[C@@H](C)C(C)C)[nH]4)cc3C#N)cc2)[nH]1)C(C)C)OC. The zero-order valence-electron chi connectivity index (χ0n) is 31.1. The van der Waals surface area contributed by atoms with Gasteiger partial charge in [0.25, 0.3) is 0 Å². The van der Waals surface area contributed by atoms with Crippen LogP contribution in [-0.4, -0.2) is 67.8 Å². The number of aromatic amines is 2. The zero-order chi connectivity index (χ0) is 37.1. The number of carbonyl (C=O) groups is 2. The first kappa shape index (κ1) is 36.4. The highest BCUT2D eigenvalue weighted by Gasteiger charge is 2.37. The Morgan fingerprint density at radius 1 is 0.846 bits per heavy atom. The average Bonchev–Trinajstić information content (AvgIpc) is 3.99. The largest absolute Gasteiger partial charge is 0.483 e. The van der Waals surface area contributed by atoms with E-state index < -0.39 is 6.04 Å². The van der Waals surface area contributed by atoms with Gasteiger partial charge in [-0.05, 0) is 66.9 Å². The third-order valence-corrected chi connectivity index (χ3v) is 10.7. The highest BCUT2D eigenvalue weighted by molar-refractivity contribution is 5.83. The molecule has 0 aliphatic carbocycles. The van der Waals surface area contributed by atoms with Crippen LogP contribution >= 0.6 is 0 Å². The Hall–Kier alpha value is -5.37. The molecule has 6 rings (SSSR count). The topological polar surface area (TPSA) is 143 Å². The smallest absolute Gasteiger partial charge is 0.246 e. The van der Waals surface area contributed by atoms with Crippen LogP contribution in [0.1, 0.15) is 89.6 Å². The van der Waals surface area contributed by atoms with Crippen molar-refractivity contribution >= 4 is 11.8 Å². The van der Waals surface area contributed by atoms with Gasteiger partial charge in [0.15, 0.2) is 5.88 Å². The average molecular weight is 703 g/mol. The van der Waals surface area contributed by atoms with Crippen LogP contribution in [-0.2, 0) is 14.3 Å². The summed E-state index contributed by atoms with van der Waals surface area (Å²) in [5, 5.41) is 13.3. The number of rotatable bonds is 12. The lowest BCUT2D eigenvalue weighted by Crippen LogP contribution is -2.48. The van der Waals surface area contributed by atoms with E-state index in [0.29, 0.717) is 18.0 Å². The number of carbonyl (C=O) groups excluding carboxylic acids is 2. The van der Waals surface area contributed by atoms with Gasteiger partial charge in [-0.15, -0.1) is 0 Å². The van der Waals surface area contributed by atoms with Crippen LogP contribution < -0.4 is 5.32 Å². The number of amides is 2. The Morgan fingerprint density at radius 3 is 1.92 bits per heavy atom. The van der Waals surface area contributed by atoms with E-state index in [9.17, 15) is 14.9 Å². The molecule has 2 aliphatic rings. The van der Waals surface area contributed by atoms with Crippen molar-refractivity contribution in [3.05, 3.63) is 84.5 Å². The standard InChI is InChI=1S/C41H50N8O3/c1-24(2)26(5)40(50)48-18-8-10-35(48)38-44-23-34(47-38)30-16-17-32(31(20-30)21-42)28-12-14-29(15-13-28)33-22-43-39(46-33)36-11-9-19-49(36)41(51)37(25(3)4)45-27(6)52-7/h12-17,20,22-26,35-37,45H,6,8-11,18-19H2,1-5,7H3,(H,43,46)(H,44,47)/t26-,35-,36-,37-/m0/s1. The van der Waals surface area contributed by atoms with E-state index in [1.165, 1.54) is 7.11 Å². The van der Waals surface area contributed by atoms with Gasteiger partial charge in [0, 0.05) is 24.6 Å². The number of benzene rings is 2. The Labute approximate surface area is 306 Å². The lowest BCUT2D eigenvalue weighted by Gasteiger charge is -2.31. The van der Waals surface area contributed by atoms with Crippen molar-refractivity contribution in [3.8, 4) is 39.7 Å². The molecule has 2 amide bonds. The molecule has 272 valence electrons. The third kappa shape index (κ3) is 7.33. The highest BCUT2D eigenvalue weighted by Crippen LogP contribution is 2.36. The second-order valence-electron chi connectivity index (χ2n) is 14.7. The van der Waals surface area contributed by atoms with E-state index in [2.05, 4.69) is 46.8 Å². The monoisotopic (exact) mass is 702 g/mol. The van der Waals surface area contributed by atoms with Gasteiger partial charge in [-0.1, -0.05) is 71.0 Å². The van der Waals surface area contributed by atoms with Gasteiger partial charge in [0.1, 0.15) is 17.7 Å². The van der Waals surface area contributed by atoms with Crippen molar-refractivity contribution in [2.75, 3.05) is 20.2 Å². The van der Waals surface area contributed by atoms with E-state index >= 15 is 0 Å². The predicted molar refractivity (Wildman–Crippen MR) is 201 cm³/mol. The molecule has 2 fully saturated rings. The normalized spacial score (nSPS) is 18.4. The van der Waals surface area contributed by atoms with Crippen LogP contribution in [0.3, 0.4) is 0 Å². The molecule has 11 heteroatoms. The van der Waals surface area contributed by atoms with Crippen LogP contribution in [0, 0.1) is 29.1 Å². The Kier molecular flexibility index (Phi) is 10.8. The molecule has 0 unspecified atom stereocenters. The molecule has 2 aromatic heterocycles. The number of nitriles is 1. The maximum Gasteiger partial charge on any atom is 0.246 e. The minimum atomic E-state index is -0.447. The molecule has 11 nitrogen and oxygen atoms in total. The van der Waals surface area contributed by atoms with Crippen molar-refractivity contribution in [2.24, 2.45) is 17.8 Å². The van der Waals surface area contributed by atoms with Crippen LogP contribution in [0.2, 0.25) is 0 Å². The lowest BCUT2D eigenvalue weighted by atomic mass is 9.96. The second-order valence-corrected chi connectivity index (χ2v) is 14.7. The number of aromatic nitrogens is 4. The molecule has 2 aromatic carbocycles. The fraction of sp³-hybridized carbons (Fsp3) is 0.439. The first-order valence-corrected chi connectivity index (χ1v) is 18.4. The number of ether oxygens (including phenoxy) is 1. The minimum absolute atomic E-state index is 0.00833. The number of nitrogens with one attached hydrogen (secondary N) is 3. The van der Waals surface area contributed by atoms with Gasteiger partial charge in [-0.3, -0.25) is 9.59 Å². The molecule has 0 saturated carbocycles. The number of H-pyrrole nitrogens is 2. The van der Waals surface area contributed by atoms with Crippen molar-refractivity contribution in [1.82, 2.24) is 35.1 Å². The summed E-state index contributed by atoms with van der Waals surface area (Å²) in [5.74, 6) is 2.39. The van der Waals surface area contributed by atoms with Crippen molar-refractivity contribution in [2.45, 2.75) is 78.4 Å². The van der Waals surface area contributed by atoms with Crippen LogP contribution in [0.4, 0.5) is 0 Å². The number of hydrogen-bond acceptors (Lipinski definition) is 7. The predicted octanol–water partition coefficient (Wildman–Crippen LogP) is 7.36. The van der Waals surface area contributed by atoms with Crippen LogP contribution in [0.5, 0.6) is 0 Å². The summed E-state index contributed by atoms with van der Waals surface area (Å²) in [6.07, 6.45) is 7.17. The Morgan fingerprint density at radius 2 is 1.38 bits per heavy atom. The summed E-state index contributed by atoms with van der Waals surface area (Å²) >= 11 is 0. The maximum absolute atomic E-state index is 13.6. The molecule has 0 bridgehead atoms. The third-order valence-electron chi connectivity index (χ3n) is 10.7. The van der Waals surface area contributed by atoms with Crippen molar-refractivity contribution in [3.63, 3.8) is 0 Å². The molecule has 2 saturated heterocycles. The number of nitrogens with zero attached hydrogens (tertiary/aromatic N) is 5. The molecule has 4 atom stereocenters. The summed E-state index contributed by atoms with van der Waals surface area (Å²) in [4.78, 5) is 47.0. The fourth-order valence-electron chi connectivity index (χ4n) is 7.29. The molecule has 0 radical (unpaired) electrons.